The molecule has 1 rings (SSSR count). The molecule has 0 aliphatic rings. The van der Waals surface area contributed by atoms with E-state index in [0.717, 1.165) is 0 Å². The van der Waals surface area contributed by atoms with Crippen molar-refractivity contribution in [3.63, 3.8) is 0 Å². The van der Waals surface area contributed by atoms with Gasteiger partial charge >= 0.3 is 0 Å². The molecule has 0 amide bonds. The van der Waals surface area contributed by atoms with Gasteiger partial charge in [-0.3, -0.25) is 5.84 Å². The van der Waals surface area contributed by atoms with E-state index >= 15 is 0 Å². The van der Waals surface area contributed by atoms with Crippen molar-refractivity contribution < 1.29 is 0 Å². The highest BCUT2D eigenvalue weighted by Gasteiger charge is 1.80. The molecule has 0 spiro atoms. The van der Waals surface area contributed by atoms with E-state index in [1.54, 1.807) is 12.4 Å². The fraction of sp³-hybridized carbons (Fsp3) is 0. The summed E-state index contributed by atoms with van der Waals surface area (Å²) in [5.74, 6) is 5.02. The van der Waals surface area contributed by atoms with Crippen LogP contribution in [0.5, 0.6) is 0 Å². The van der Waals surface area contributed by atoms with Gasteiger partial charge in [-0.1, -0.05) is 0 Å². The maximum atomic E-state index is 5.02. The Morgan fingerprint density at radius 2 is 1.89 bits per heavy atom. The van der Waals surface area contributed by atoms with Gasteiger partial charge in [0.1, 0.15) is 6.33 Å². The lowest BCUT2D eigenvalue weighted by atomic mass is 10.6. The van der Waals surface area contributed by atoms with Gasteiger partial charge in [0.25, 0.3) is 0 Å². The van der Waals surface area contributed by atoms with Crippen LogP contribution in [0.4, 0.5) is 5.69 Å². The van der Waals surface area contributed by atoms with Crippen molar-refractivity contribution in [1.82, 2.24) is 9.97 Å². The van der Waals surface area contributed by atoms with E-state index in [-0.39, 0.29) is 12.4 Å². The van der Waals surface area contributed by atoms with Gasteiger partial charge in [0.05, 0.1) is 18.1 Å². The average Bonchev–Trinajstić information content (AvgIpc) is 1.90. The zero-order chi connectivity index (χ0) is 5.82. The molecule has 4 nitrogen and oxygen atoms in total. The maximum absolute atomic E-state index is 5.02. The monoisotopic (exact) mass is 146 g/mol. The average molecular weight is 147 g/mol. The van der Waals surface area contributed by atoms with Gasteiger partial charge in [0.15, 0.2) is 0 Å². The lowest BCUT2D eigenvalue weighted by molar-refractivity contribution is 1.15. The smallest absolute Gasteiger partial charge is 0.115 e. The standard InChI is InChI=1S/C4H6N4.ClH/c5-8-4-1-6-3-7-2-4;/h1-3,8H,5H2;1H. The molecular formula is C4H7ClN4. The summed E-state index contributed by atoms with van der Waals surface area (Å²) >= 11 is 0. The Bertz CT molecular complexity index is 154. The second-order valence-electron chi connectivity index (χ2n) is 1.27. The number of nitrogens with two attached hydrogens (primary N) is 1. The van der Waals surface area contributed by atoms with Crippen molar-refractivity contribution in [2.45, 2.75) is 0 Å². The summed E-state index contributed by atoms with van der Waals surface area (Å²) < 4.78 is 0. The molecule has 1 aromatic heterocycles. The van der Waals surface area contributed by atoms with E-state index in [0.29, 0.717) is 5.69 Å². The van der Waals surface area contributed by atoms with Crippen LogP contribution >= 0.6 is 12.4 Å². The van der Waals surface area contributed by atoms with Crippen molar-refractivity contribution in [3.8, 4) is 0 Å². The van der Waals surface area contributed by atoms with Gasteiger partial charge < -0.3 is 5.43 Å². The van der Waals surface area contributed by atoms with Gasteiger partial charge in [-0.05, 0) is 0 Å². The molecule has 3 N–H and O–H groups in total. The van der Waals surface area contributed by atoms with E-state index in [1.165, 1.54) is 6.33 Å². The van der Waals surface area contributed by atoms with Crippen LogP contribution in [0.1, 0.15) is 0 Å². The highest BCUT2D eigenvalue weighted by molar-refractivity contribution is 5.85. The summed E-state index contributed by atoms with van der Waals surface area (Å²) in [6.07, 6.45) is 4.63. The summed E-state index contributed by atoms with van der Waals surface area (Å²) in [6, 6.07) is 0. The van der Waals surface area contributed by atoms with Crippen LogP contribution in [0.3, 0.4) is 0 Å². The molecule has 5 heteroatoms. The molecule has 9 heavy (non-hydrogen) atoms. The number of rotatable bonds is 1. The van der Waals surface area contributed by atoms with Crippen LogP contribution in [-0.2, 0) is 0 Å². The maximum Gasteiger partial charge on any atom is 0.115 e. The molecule has 0 radical (unpaired) electrons. The first-order valence-corrected chi connectivity index (χ1v) is 2.15. The largest absolute Gasteiger partial charge is 0.321 e. The van der Waals surface area contributed by atoms with Crippen molar-refractivity contribution in [2.75, 3.05) is 5.43 Å². The zero-order valence-corrected chi connectivity index (χ0v) is 5.43. The van der Waals surface area contributed by atoms with E-state index < -0.39 is 0 Å². The number of anilines is 1. The number of hydrogen-bond acceptors (Lipinski definition) is 4. The van der Waals surface area contributed by atoms with E-state index in [9.17, 15) is 0 Å². The minimum absolute atomic E-state index is 0. The lowest BCUT2D eigenvalue weighted by Crippen LogP contribution is -2.06. The summed E-state index contributed by atoms with van der Waals surface area (Å²) in [4.78, 5) is 7.40. The number of nitrogen functional groups attached to an aromatic ring is 1. The molecule has 0 aliphatic heterocycles. The van der Waals surface area contributed by atoms with E-state index in [4.69, 9.17) is 5.84 Å². The van der Waals surface area contributed by atoms with Crippen molar-refractivity contribution in [2.24, 2.45) is 5.84 Å². The van der Waals surface area contributed by atoms with Crippen molar-refractivity contribution in [3.05, 3.63) is 18.7 Å². The molecule has 0 saturated heterocycles. The molecule has 0 atom stereocenters. The third-order valence-corrected chi connectivity index (χ3v) is 0.727. The Morgan fingerprint density at radius 1 is 1.33 bits per heavy atom. The van der Waals surface area contributed by atoms with Gasteiger partial charge in [-0.2, -0.15) is 0 Å². The normalized spacial score (nSPS) is 7.67. The molecule has 1 aromatic rings. The molecule has 0 bridgehead atoms. The first-order valence-electron chi connectivity index (χ1n) is 2.15. The highest BCUT2D eigenvalue weighted by atomic mass is 35.5. The summed E-state index contributed by atoms with van der Waals surface area (Å²) in [5, 5.41) is 0. The van der Waals surface area contributed by atoms with E-state index in [1.807, 2.05) is 0 Å². The van der Waals surface area contributed by atoms with Crippen LogP contribution < -0.4 is 11.3 Å². The minimum atomic E-state index is 0. The Morgan fingerprint density at radius 3 is 2.22 bits per heavy atom. The third-order valence-electron chi connectivity index (χ3n) is 0.727. The van der Waals surface area contributed by atoms with E-state index in [2.05, 4.69) is 15.4 Å². The molecule has 0 aromatic carbocycles. The fourth-order valence-electron chi connectivity index (χ4n) is 0.374. The predicted molar refractivity (Wildman–Crippen MR) is 37.1 cm³/mol. The van der Waals surface area contributed by atoms with Gasteiger partial charge in [0, 0.05) is 0 Å². The Labute approximate surface area is 58.9 Å². The summed E-state index contributed by atoms with van der Waals surface area (Å²) in [5.41, 5.74) is 3.12. The number of hydrogen-bond donors (Lipinski definition) is 2. The molecule has 0 saturated carbocycles. The zero-order valence-electron chi connectivity index (χ0n) is 4.61. The number of nitrogens with zero attached hydrogens (tertiary/aromatic N) is 2. The Kier molecular flexibility index (Phi) is 3.66. The SMILES string of the molecule is Cl.NNc1cncnc1. The van der Waals surface area contributed by atoms with Crippen molar-refractivity contribution in [1.29, 1.82) is 0 Å². The van der Waals surface area contributed by atoms with Gasteiger partial charge in [-0.25, -0.2) is 9.97 Å². The second kappa shape index (κ2) is 4.05. The van der Waals surface area contributed by atoms with Gasteiger partial charge in [0.2, 0.25) is 0 Å². The van der Waals surface area contributed by atoms with Crippen molar-refractivity contribution >= 4 is 18.1 Å². The number of halogens is 1. The van der Waals surface area contributed by atoms with Crippen LogP contribution in [0.2, 0.25) is 0 Å². The number of hydrazine groups is 1. The van der Waals surface area contributed by atoms with Crippen LogP contribution in [0, 0.1) is 0 Å². The van der Waals surface area contributed by atoms with Crippen LogP contribution in [0.25, 0.3) is 0 Å². The fourth-order valence-corrected chi connectivity index (χ4v) is 0.374. The quantitative estimate of drug-likeness (QED) is 0.439. The third kappa shape index (κ3) is 2.25. The second-order valence-corrected chi connectivity index (χ2v) is 1.27. The molecular weight excluding hydrogens is 140 g/mol. The van der Waals surface area contributed by atoms with Gasteiger partial charge in [-0.15, -0.1) is 12.4 Å². The highest BCUT2D eigenvalue weighted by Crippen LogP contribution is 1.94. The Hall–Kier alpha value is -0.870. The van der Waals surface area contributed by atoms with Crippen LogP contribution in [0.15, 0.2) is 18.7 Å². The summed E-state index contributed by atoms with van der Waals surface area (Å²) in [7, 11) is 0. The minimum Gasteiger partial charge on any atom is -0.321 e. The summed E-state index contributed by atoms with van der Waals surface area (Å²) in [6.45, 7) is 0. The number of nitrogens with one attached hydrogen (secondary N) is 1. The molecule has 50 valence electrons. The first-order chi connectivity index (χ1) is 3.93. The Balaban J connectivity index is 0.000000640. The lowest BCUT2D eigenvalue weighted by Gasteiger charge is -1.92. The number of aromatic nitrogens is 2. The molecule has 0 fully saturated rings. The predicted octanol–water partition coefficient (Wildman–Crippen LogP) is 0.184. The molecule has 0 aliphatic carbocycles. The molecule has 0 unspecified atom stereocenters. The molecule has 1 heterocycles. The van der Waals surface area contributed by atoms with Crippen LogP contribution in [-0.4, -0.2) is 9.97 Å². The first kappa shape index (κ1) is 8.13. The topological polar surface area (TPSA) is 63.8 Å².